The van der Waals surface area contributed by atoms with Crippen LogP contribution in [-0.4, -0.2) is 130 Å². The summed E-state index contributed by atoms with van der Waals surface area (Å²) < 4.78 is 24.5. The van der Waals surface area contributed by atoms with Crippen LogP contribution in [0.4, 0.5) is 0 Å². The standard InChI is InChI=1S/C52H64N8O9S2/c1-10-39(44-47-58-57-34(6)60(47)50-42(31(3)33(5)71-50)43(56-44)36-15-11-30(2)12-16-36)51(65)69-24-23-67-20-19-66-21-22-68-28-41(62)55-46(52(7,8)9)49(64)59-27-38(61)25-40(59)48(63)53-26-35-13-17-37(18-14-35)45-32(4)54-29-70-45/h10-18,29,38,40,44,46,61H,19-28H2,1-9H3,(H,53,63)(H,55,62)/b39-10-/t38-,40+,44+,46-/m1/s1. The Hall–Kier alpha value is -5.96. The number of nitrogens with one attached hydrogen (secondary N) is 2. The number of aliphatic hydroxyl groups is 1. The van der Waals surface area contributed by atoms with Gasteiger partial charge in [-0.3, -0.25) is 23.9 Å². The predicted molar refractivity (Wildman–Crippen MR) is 272 cm³/mol. The van der Waals surface area contributed by atoms with Crippen LogP contribution < -0.4 is 10.6 Å². The predicted octanol–water partition coefficient (Wildman–Crippen LogP) is 6.23. The van der Waals surface area contributed by atoms with Crippen LogP contribution in [0.1, 0.15) is 90.2 Å². The van der Waals surface area contributed by atoms with Gasteiger partial charge in [0.2, 0.25) is 17.7 Å². The monoisotopic (exact) mass is 1010 g/mol. The van der Waals surface area contributed by atoms with Crippen LogP contribution in [0, 0.1) is 40.0 Å². The molecule has 17 nitrogen and oxygen atoms in total. The van der Waals surface area contributed by atoms with Crippen molar-refractivity contribution in [2.24, 2.45) is 10.4 Å². The summed E-state index contributed by atoms with van der Waals surface area (Å²) in [6.07, 6.45) is 0.909. The minimum Gasteiger partial charge on any atom is -0.460 e. The molecule has 0 radical (unpaired) electrons. The number of aryl methyl sites for hydroxylation is 4. The number of rotatable bonds is 20. The van der Waals surface area contributed by atoms with Crippen LogP contribution in [0.3, 0.4) is 0 Å². The van der Waals surface area contributed by atoms with Crippen molar-refractivity contribution >= 4 is 52.1 Å². The average Bonchev–Trinajstić information content (AvgIpc) is 4.11. The van der Waals surface area contributed by atoms with E-state index >= 15 is 0 Å². The molecule has 3 amide bonds. The second-order valence-electron chi connectivity index (χ2n) is 18.8. The van der Waals surface area contributed by atoms with E-state index in [4.69, 9.17) is 23.9 Å². The van der Waals surface area contributed by atoms with Gasteiger partial charge in [0.15, 0.2) is 5.82 Å². The van der Waals surface area contributed by atoms with Gasteiger partial charge in [-0.05, 0) is 63.6 Å². The Bertz CT molecular complexity index is 2750. The summed E-state index contributed by atoms with van der Waals surface area (Å²) in [5.74, 6) is -0.660. The van der Waals surface area contributed by atoms with E-state index in [2.05, 4.69) is 51.8 Å². The molecule has 3 N–H and O–H groups in total. The zero-order valence-electron chi connectivity index (χ0n) is 41.9. The van der Waals surface area contributed by atoms with E-state index in [0.717, 1.165) is 59.5 Å². The molecule has 5 aromatic rings. The number of allylic oxidation sites excluding steroid dienone is 1. The van der Waals surface area contributed by atoms with Gasteiger partial charge < -0.3 is 39.6 Å². The van der Waals surface area contributed by atoms with E-state index < -0.39 is 47.4 Å². The number of ether oxygens (including phenoxy) is 4. The van der Waals surface area contributed by atoms with Gasteiger partial charge in [0.05, 0.1) is 66.5 Å². The first-order chi connectivity index (χ1) is 34.0. The van der Waals surface area contributed by atoms with Gasteiger partial charge >= 0.3 is 5.97 Å². The summed E-state index contributed by atoms with van der Waals surface area (Å²) >= 11 is 3.22. The third kappa shape index (κ3) is 12.6. The Balaban J connectivity index is 0.819. The van der Waals surface area contributed by atoms with E-state index in [1.54, 1.807) is 35.7 Å². The third-order valence-electron chi connectivity index (χ3n) is 12.5. The highest BCUT2D eigenvalue weighted by atomic mass is 32.1. The minimum absolute atomic E-state index is 0.00132. The Morgan fingerprint density at radius 1 is 0.887 bits per heavy atom. The highest BCUT2D eigenvalue weighted by Crippen LogP contribution is 2.41. The number of amides is 3. The van der Waals surface area contributed by atoms with Crippen LogP contribution in [0.2, 0.25) is 0 Å². The lowest BCUT2D eigenvalue weighted by Crippen LogP contribution is -2.58. The third-order valence-corrected chi connectivity index (χ3v) is 14.6. The molecule has 4 atom stereocenters. The molecular weight excluding hydrogens is 945 g/mol. The van der Waals surface area contributed by atoms with Gasteiger partial charge in [-0.15, -0.1) is 32.9 Å². The Kier molecular flexibility index (Phi) is 17.5. The summed E-state index contributed by atoms with van der Waals surface area (Å²) in [5, 5.41) is 26.2. The number of thiophene rings is 1. The van der Waals surface area contributed by atoms with Gasteiger partial charge in [0.1, 0.15) is 42.2 Å². The number of β-amino-alcohol motifs (C(OH)–C–C–N with tert-alkyl or cyclic N) is 1. The number of carbonyl (C=O) groups excluding carboxylic acids is 4. The summed E-state index contributed by atoms with van der Waals surface area (Å²) in [7, 11) is 0. The molecule has 1 fully saturated rings. The first-order valence-corrected chi connectivity index (χ1v) is 25.4. The van der Waals surface area contributed by atoms with Crippen molar-refractivity contribution in [2.45, 2.75) is 99.5 Å². The van der Waals surface area contributed by atoms with Crippen molar-refractivity contribution in [3.8, 4) is 15.4 Å². The lowest BCUT2D eigenvalue weighted by atomic mass is 9.85. The number of carbonyl (C=O) groups is 4. The lowest BCUT2D eigenvalue weighted by molar-refractivity contribution is -0.144. The maximum Gasteiger partial charge on any atom is 0.336 e. The lowest BCUT2D eigenvalue weighted by Gasteiger charge is -2.35. The molecule has 2 aliphatic heterocycles. The zero-order chi connectivity index (χ0) is 51.0. The van der Waals surface area contributed by atoms with Crippen molar-refractivity contribution in [2.75, 3.05) is 52.8 Å². The van der Waals surface area contributed by atoms with Gasteiger partial charge in [-0.2, -0.15) is 0 Å². The summed E-state index contributed by atoms with van der Waals surface area (Å²) in [6.45, 7) is 18.1. The number of likely N-dealkylation sites (tertiary alicyclic amines) is 1. The van der Waals surface area contributed by atoms with Gasteiger partial charge in [0, 0.05) is 35.5 Å². The van der Waals surface area contributed by atoms with Gasteiger partial charge in [-0.1, -0.05) is 80.9 Å². The molecule has 5 heterocycles. The molecule has 3 aromatic heterocycles. The van der Waals surface area contributed by atoms with Crippen LogP contribution in [0.25, 0.3) is 15.4 Å². The van der Waals surface area contributed by atoms with Crippen LogP contribution in [0.5, 0.6) is 0 Å². The van der Waals surface area contributed by atoms with Gasteiger partial charge in [0.25, 0.3) is 0 Å². The summed E-state index contributed by atoms with van der Waals surface area (Å²) in [5.41, 5.74) is 9.25. The highest BCUT2D eigenvalue weighted by molar-refractivity contribution is 7.15. The average molecular weight is 1010 g/mol. The Morgan fingerprint density at radius 2 is 1.55 bits per heavy atom. The number of nitrogens with zero attached hydrogens (tertiary/aromatic N) is 6. The molecule has 19 heteroatoms. The second-order valence-corrected chi connectivity index (χ2v) is 20.8. The van der Waals surface area contributed by atoms with Crippen molar-refractivity contribution in [3.05, 3.63) is 116 Å². The zero-order valence-corrected chi connectivity index (χ0v) is 43.5. The smallest absolute Gasteiger partial charge is 0.336 e. The fraction of sp³-hybridized carbons (Fsp3) is 0.462. The number of thiazole rings is 1. The molecule has 2 aromatic carbocycles. The normalized spacial score (nSPS) is 17.3. The molecule has 2 aliphatic rings. The second kappa shape index (κ2) is 23.5. The number of esters is 1. The number of aromatic nitrogens is 4. The van der Waals surface area contributed by atoms with Crippen molar-refractivity contribution < 1.29 is 43.2 Å². The fourth-order valence-corrected chi connectivity index (χ4v) is 10.5. The first-order valence-electron chi connectivity index (χ1n) is 23.8. The van der Waals surface area contributed by atoms with Crippen LogP contribution >= 0.6 is 22.7 Å². The SMILES string of the molecule is C/C=C(\C(=O)OCCOCCOCCOCC(=O)N[C@H](C(=O)N1C[C@H](O)C[C@H]1C(=O)NCc1ccc(-c2scnc2C)cc1)C(C)(C)C)[C@@H]1N=C(c2ccc(C)cc2)c2c(sc(C)c2C)-n2c(C)nnc21. The molecule has 0 unspecified atom stereocenters. The van der Waals surface area contributed by atoms with E-state index in [0.29, 0.717) is 17.2 Å². The Labute approximate surface area is 422 Å². The maximum absolute atomic E-state index is 14.0. The maximum atomic E-state index is 14.0. The molecule has 0 bridgehead atoms. The minimum atomic E-state index is -0.990. The van der Waals surface area contributed by atoms with E-state index in [9.17, 15) is 24.3 Å². The van der Waals surface area contributed by atoms with E-state index in [-0.39, 0.29) is 71.7 Å². The highest BCUT2D eigenvalue weighted by Gasteiger charge is 2.44. The summed E-state index contributed by atoms with van der Waals surface area (Å²) in [4.78, 5) is 67.3. The number of hydrogen-bond acceptors (Lipinski definition) is 15. The van der Waals surface area contributed by atoms with Crippen LogP contribution in [0.15, 0.2) is 70.7 Å². The van der Waals surface area contributed by atoms with E-state index in [1.165, 1.54) is 4.90 Å². The fourth-order valence-electron chi connectivity index (χ4n) is 8.49. The molecule has 7 rings (SSSR count). The molecular formula is C52H64N8O9S2. The molecule has 0 saturated carbocycles. The van der Waals surface area contributed by atoms with Crippen molar-refractivity contribution in [3.63, 3.8) is 0 Å². The molecule has 1 saturated heterocycles. The number of aliphatic hydroxyl groups excluding tert-OH is 1. The number of fused-ring (bicyclic) bond motifs is 3. The molecule has 0 aliphatic carbocycles. The Morgan fingerprint density at radius 3 is 2.20 bits per heavy atom. The van der Waals surface area contributed by atoms with Crippen LogP contribution in [-0.2, 0) is 44.7 Å². The van der Waals surface area contributed by atoms with Crippen molar-refractivity contribution in [1.82, 2.24) is 35.3 Å². The van der Waals surface area contributed by atoms with E-state index in [1.807, 2.05) is 88.0 Å². The summed E-state index contributed by atoms with van der Waals surface area (Å²) in [6, 6.07) is 13.4. The van der Waals surface area contributed by atoms with Crippen molar-refractivity contribution in [1.29, 1.82) is 0 Å². The quantitative estimate of drug-likeness (QED) is 0.0450. The first kappa shape index (κ1) is 52.9. The van der Waals surface area contributed by atoms with Gasteiger partial charge in [-0.25, -0.2) is 9.78 Å². The number of aliphatic imine (C=N–C) groups is 1. The topological polar surface area (TPSA) is 209 Å². The molecule has 378 valence electrons. The largest absolute Gasteiger partial charge is 0.460 e. The number of hydrogen-bond donors (Lipinski definition) is 3. The molecule has 71 heavy (non-hydrogen) atoms. The molecule has 0 spiro atoms. The number of benzene rings is 2.